The summed E-state index contributed by atoms with van der Waals surface area (Å²) in [7, 11) is 0. The van der Waals surface area contributed by atoms with Gasteiger partial charge in [0.1, 0.15) is 0 Å². The first-order valence-corrected chi connectivity index (χ1v) is 6.25. The summed E-state index contributed by atoms with van der Waals surface area (Å²) in [5.41, 5.74) is -0.565. The lowest BCUT2D eigenvalue weighted by Gasteiger charge is -2.21. The Morgan fingerprint density at radius 2 is 1.82 bits per heavy atom. The molecule has 0 aromatic heterocycles. The molecule has 0 aromatic carbocycles. The summed E-state index contributed by atoms with van der Waals surface area (Å²) >= 11 is 0. The van der Waals surface area contributed by atoms with Crippen LogP contribution in [0.2, 0.25) is 0 Å². The number of amides is 2. The Morgan fingerprint density at radius 3 is 2.41 bits per heavy atom. The average Bonchev–Trinajstić information content (AvgIpc) is 2.65. The maximum atomic E-state index is 11.4. The molecule has 0 unspecified atom stereocenters. The van der Waals surface area contributed by atoms with E-state index in [9.17, 15) is 14.7 Å². The summed E-state index contributed by atoms with van der Waals surface area (Å²) < 4.78 is 0. The van der Waals surface area contributed by atoms with Gasteiger partial charge >= 0.3 is 0 Å². The van der Waals surface area contributed by atoms with Gasteiger partial charge in [-0.15, -0.1) is 0 Å². The van der Waals surface area contributed by atoms with Gasteiger partial charge in [-0.3, -0.25) is 9.59 Å². The van der Waals surface area contributed by atoms with Crippen molar-refractivity contribution in [3.05, 3.63) is 0 Å². The van der Waals surface area contributed by atoms with Crippen molar-refractivity contribution in [3.63, 3.8) is 0 Å². The van der Waals surface area contributed by atoms with Crippen LogP contribution in [0.4, 0.5) is 0 Å². The van der Waals surface area contributed by atoms with Crippen LogP contribution in [0.15, 0.2) is 0 Å². The minimum atomic E-state index is -0.565. The second-order valence-electron chi connectivity index (χ2n) is 4.76. The molecule has 1 aliphatic carbocycles. The molecule has 3 N–H and O–H groups in total. The zero-order chi connectivity index (χ0) is 12.7. The number of nitrogens with one attached hydrogen (secondary N) is 2. The molecule has 0 atom stereocenters. The summed E-state index contributed by atoms with van der Waals surface area (Å²) in [5.74, 6) is -0.210. The first-order valence-electron chi connectivity index (χ1n) is 6.25. The van der Waals surface area contributed by atoms with Crippen LogP contribution >= 0.6 is 0 Å². The molecule has 0 saturated heterocycles. The molecule has 1 fully saturated rings. The van der Waals surface area contributed by atoms with E-state index in [2.05, 4.69) is 10.6 Å². The molecule has 1 rings (SSSR count). The molecule has 17 heavy (non-hydrogen) atoms. The maximum absolute atomic E-state index is 11.4. The minimum absolute atomic E-state index is 0.0830. The summed E-state index contributed by atoms with van der Waals surface area (Å²) in [6.07, 6.45) is 4.75. The van der Waals surface area contributed by atoms with Crippen LogP contribution in [-0.4, -0.2) is 35.6 Å². The van der Waals surface area contributed by atoms with Gasteiger partial charge in [0, 0.05) is 26.4 Å². The van der Waals surface area contributed by atoms with Crippen LogP contribution in [0.5, 0.6) is 0 Å². The highest BCUT2D eigenvalue weighted by molar-refractivity contribution is 5.77. The SMILES string of the molecule is CC(=O)NCCC(=O)NCCC1(O)CCCC1. The molecule has 1 aliphatic rings. The summed E-state index contributed by atoms with van der Waals surface area (Å²) in [5, 5.41) is 15.4. The fraction of sp³-hybridized carbons (Fsp3) is 0.833. The second kappa shape index (κ2) is 6.59. The lowest BCUT2D eigenvalue weighted by Crippen LogP contribution is -2.34. The van der Waals surface area contributed by atoms with E-state index in [1.165, 1.54) is 6.92 Å². The third-order valence-electron chi connectivity index (χ3n) is 3.17. The number of carbonyl (C=O) groups excluding carboxylic acids is 2. The average molecular weight is 242 g/mol. The van der Waals surface area contributed by atoms with Crippen molar-refractivity contribution in [2.45, 2.75) is 51.0 Å². The lowest BCUT2D eigenvalue weighted by atomic mass is 9.98. The number of carbonyl (C=O) groups is 2. The molecular formula is C12H22N2O3. The lowest BCUT2D eigenvalue weighted by molar-refractivity contribution is -0.121. The van der Waals surface area contributed by atoms with Gasteiger partial charge in [0.05, 0.1) is 5.60 Å². The molecule has 0 heterocycles. The molecule has 0 radical (unpaired) electrons. The Bertz CT molecular complexity index is 273. The van der Waals surface area contributed by atoms with Gasteiger partial charge in [0.25, 0.3) is 0 Å². The zero-order valence-corrected chi connectivity index (χ0v) is 10.4. The van der Waals surface area contributed by atoms with Crippen LogP contribution in [0.1, 0.15) is 45.4 Å². The van der Waals surface area contributed by atoms with Crippen molar-refractivity contribution >= 4 is 11.8 Å². The molecule has 0 aromatic rings. The van der Waals surface area contributed by atoms with Crippen LogP contribution in [0.3, 0.4) is 0 Å². The fourth-order valence-corrected chi connectivity index (χ4v) is 2.16. The Morgan fingerprint density at radius 1 is 1.18 bits per heavy atom. The van der Waals surface area contributed by atoms with Gasteiger partial charge in [-0.2, -0.15) is 0 Å². The first-order chi connectivity index (χ1) is 8.02. The van der Waals surface area contributed by atoms with E-state index in [0.717, 1.165) is 25.7 Å². The predicted octanol–water partition coefficient (Wildman–Crippen LogP) is 0.324. The van der Waals surface area contributed by atoms with Gasteiger partial charge in [0.15, 0.2) is 0 Å². The molecule has 0 aliphatic heterocycles. The van der Waals surface area contributed by atoms with Crippen molar-refractivity contribution in [2.24, 2.45) is 0 Å². The van der Waals surface area contributed by atoms with Crippen molar-refractivity contribution in [1.82, 2.24) is 10.6 Å². The van der Waals surface area contributed by atoms with Crippen molar-refractivity contribution in [3.8, 4) is 0 Å². The minimum Gasteiger partial charge on any atom is -0.390 e. The smallest absolute Gasteiger partial charge is 0.221 e. The third kappa shape index (κ3) is 5.68. The van der Waals surface area contributed by atoms with Gasteiger partial charge in [-0.1, -0.05) is 12.8 Å². The highest BCUT2D eigenvalue weighted by Crippen LogP contribution is 2.31. The zero-order valence-electron chi connectivity index (χ0n) is 10.4. The topological polar surface area (TPSA) is 78.4 Å². The maximum Gasteiger partial charge on any atom is 0.221 e. The van der Waals surface area contributed by atoms with Crippen LogP contribution in [-0.2, 0) is 9.59 Å². The highest BCUT2D eigenvalue weighted by atomic mass is 16.3. The van der Waals surface area contributed by atoms with E-state index in [4.69, 9.17) is 0 Å². The molecule has 2 amide bonds. The third-order valence-corrected chi connectivity index (χ3v) is 3.17. The monoisotopic (exact) mass is 242 g/mol. The quantitative estimate of drug-likeness (QED) is 0.628. The summed E-state index contributed by atoms with van der Waals surface area (Å²) in [6, 6.07) is 0. The van der Waals surface area contributed by atoms with E-state index < -0.39 is 5.60 Å². The van der Waals surface area contributed by atoms with Crippen molar-refractivity contribution in [2.75, 3.05) is 13.1 Å². The standard InChI is InChI=1S/C12H22N2O3/c1-10(15)13-8-4-11(16)14-9-7-12(17)5-2-3-6-12/h17H,2-9H2,1H3,(H,13,15)(H,14,16). The highest BCUT2D eigenvalue weighted by Gasteiger charge is 2.30. The van der Waals surface area contributed by atoms with Gasteiger partial charge in [-0.25, -0.2) is 0 Å². The molecule has 0 spiro atoms. The second-order valence-corrected chi connectivity index (χ2v) is 4.76. The largest absolute Gasteiger partial charge is 0.390 e. The molecule has 1 saturated carbocycles. The number of hydrogen-bond donors (Lipinski definition) is 3. The van der Waals surface area contributed by atoms with Crippen LogP contribution in [0.25, 0.3) is 0 Å². The van der Waals surface area contributed by atoms with Crippen molar-refractivity contribution < 1.29 is 14.7 Å². The summed E-state index contributed by atoms with van der Waals surface area (Å²) in [4.78, 5) is 21.9. The number of rotatable bonds is 6. The van der Waals surface area contributed by atoms with Gasteiger partial charge in [0.2, 0.25) is 11.8 Å². The van der Waals surface area contributed by atoms with Crippen molar-refractivity contribution in [1.29, 1.82) is 0 Å². The normalized spacial score (nSPS) is 17.8. The van der Waals surface area contributed by atoms with E-state index in [-0.39, 0.29) is 18.2 Å². The Hall–Kier alpha value is -1.10. The van der Waals surface area contributed by atoms with Gasteiger partial charge in [-0.05, 0) is 19.3 Å². The fourth-order valence-electron chi connectivity index (χ4n) is 2.16. The van der Waals surface area contributed by atoms with Crippen LogP contribution in [0, 0.1) is 0 Å². The van der Waals surface area contributed by atoms with Crippen LogP contribution < -0.4 is 10.6 Å². The van der Waals surface area contributed by atoms with E-state index in [0.29, 0.717) is 19.5 Å². The predicted molar refractivity (Wildman–Crippen MR) is 64.3 cm³/mol. The molecule has 98 valence electrons. The van der Waals surface area contributed by atoms with Gasteiger partial charge < -0.3 is 15.7 Å². The molecular weight excluding hydrogens is 220 g/mol. The summed E-state index contributed by atoms with van der Waals surface area (Å²) in [6.45, 7) is 2.30. The van der Waals surface area contributed by atoms with E-state index in [1.807, 2.05) is 0 Å². The molecule has 5 heteroatoms. The van der Waals surface area contributed by atoms with E-state index >= 15 is 0 Å². The molecule has 5 nitrogen and oxygen atoms in total. The van der Waals surface area contributed by atoms with E-state index in [1.54, 1.807) is 0 Å². The Balaban J connectivity index is 2.05. The Kier molecular flexibility index (Phi) is 5.41. The number of aliphatic hydroxyl groups is 1. The first kappa shape index (κ1) is 14.0. The number of hydrogen-bond acceptors (Lipinski definition) is 3. The molecule has 0 bridgehead atoms. The Labute approximate surface area is 102 Å².